The molecule has 0 amide bonds. The van der Waals surface area contributed by atoms with Crippen LogP contribution in [0.5, 0.6) is 0 Å². The van der Waals surface area contributed by atoms with E-state index in [1.165, 1.54) is 0 Å². The average Bonchev–Trinajstić information content (AvgIpc) is 0. The van der Waals surface area contributed by atoms with Crippen molar-refractivity contribution in [3.63, 3.8) is 0 Å². The molecule has 0 fully saturated rings. The van der Waals surface area contributed by atoms with E-state index in [4.69, 9.17) is 0 Å². The maximum absolute atomic E-state index is 0. The Morgan fingerprint density at radius 2 is 1.00 bits per heavy atom. The van der Waals surface area contributed by atoms with Gasteiger partial charge in [0.25, 0.3) is 0 Å². The summed E-state index contributed by atoms with van der Waals surface area (Å²) in [5, 5.41) is 0. The molecule has 4 heavy (non-hydrogen) atoms. The fraction of sp³-hybridized carbons (Fsp3) is 0. The second-order valence-corrected chi connectivity index (χ2v) is 0. The molecule has 0 aromatic rings. The summed E-state index contributed by atoms with van der Waals surface area (Å²) in [4.78, 5) is 0. The number of rotatable bonds is 0. The van der Waals surface area contributed by atoms with Crippen LogP contribution in [-0.4, -0.2) is 17.4 Å². The van der Waals surface area contributed by atoms with Crippen molar-refractivity contribution in [2.45, 2.75) is 0 Å². The third-order valence-corrected chi connectivity index (χ3v) is 0. The van der Waals surface area contributed by atoms with E-state index in [-0.39, 0.29) is 74.2 Å². The molecule has 0 aliphatic carbocycles. The molecule has 0 aliphatic rings. The van der Waals surface area contributed by atoms with Crippen LogP contribution in [0.2, 0.25) is 0 Å². The van der Waals surface area contributed by atoms with Crippen LogP contribution in [0.4, 0.5) is 0 Å². The van der Waals surface area contributed by atoms with E-state index in [0.29, 0.717) is 0 Å². The van der Waals surface area contributed by atoms with Crippen LogP contribution in [0, 0.1) is 0 Å². The molecule has 0 atom stereocenters. The summed E-state index contributed by atoms with van der Waals surface area (Å²) in [6, 6.07) is 0. The van der Waals surface area contributed by atoms with E-state index in [1.807, 2.05) is 0 Å². The second-order valence-electron chi connectivity index (χ2n) is 0. The second kappa shape index (κ2) is 18.4. The summed E-state index contributed by atoms with van der Waals surface area (Å²) in [7, 11) is 0. The topological polar surface area (TPSA) is 0 Å². The van der Waals surface area contributed by atoms with Crippen LogP contribution in [-0.2, 0) is 56.8 Å². The summed E-state index contributed by atoms with van der Waals surface area (Å²) < 4.78 is 0. The molecule has 0 aliphatic heterocycles. The van der Waals surface area contributed by atoms with E-state index in [9.17, 15) is 0 Å². The molecule has 0 aromatic carbocycles. The molecule has 4 heteroatoms. The molecular formula is H2AlAuCrFe. The standard InChI is InChI=1S/Al.Au.Cr.Fe.2H. The van der Waals surface area contributed by atoms with Gasteiger partial charge in [-0.2, -0.15) is 0 Å². The SMILES string of the molecule is [AlH2].[Au].[Cr].[Fe]. The van der Waals surface area contributed by atoms with Crippen molar-refractivity contribution >= 4 is 17.4 Å². The summed E-state index contributed by atoms with van der Waals surface area (Å²) in [6.45, 7) is 0. The van der Waals surface area contributed by atoms with Crippen LogP contribution in [0.1, 0.15) is 0 Å². The van der Waals surface area contributed by atoms with Crippen molar-refractivity contribution < 1.29 is 56.8 Å². The van der Waals surface area contributed by atoms with Gasteiger partial charge in [-0.1, -0.05) is 0 Å². The number of hydrogen-bond acceptors (Lipinski definition) is 0. The molecule has 30 valence electrons. The molecule has 0 aromatic heterocycles. The fourth-order valence-corrected chi connectivity index (χ4v) is 0. The molecule has 0 spiro atoms. The maximum atomic E-state index is 0. The van der Waals surface area contributed by atoms with Gasteiger partial charge in [0.15, 0.2) is 0 Å². The minimum atomic E-state index is 0. The summed E-state index contributed by atoms with van der Waals surface area (Å²) in [5.41, 5.74) is 0. The van der Waals surface area contributed by atoms with Gasteiger partial charge in [-0.05, 0) is 0 Å². The van der Waals surface area contributed by atoms with Crippen LogP contribution in [0.15, 0.2) is 0 Å². The van der Waals surface area contributed by atoms with Crippen molar-refractivity contribution in [1.82, 2.24) is 0 Å². The summed E-state index contributed by atoms with van der Waals surface area (Å²) in [5.74, 6) is 0. The van der Waals surface area contributed by atoms with Crippen molar-refractivity contribution in [3.05, 3.63) is 0 Å². The van der Waals surface area contributed by atoms with Crippen molar-refractivity contribution in [3.8, 4) is 0 Å². The van der Waals surface area contributed by atoms with Gasteiger partial charge < -0.3 is 0 Å². The van der Waals surface area contributed by atoms with Crippen molar-refractivity contribution in [2.24, 2.45) is 0 Å². The molecule has 0 unspecified atom stereocenters. The third-order valence-electron chi connectivity index (χ3n) is 0. The first-order valence-electron chi connectivity index (χ1n) is 0. The van der Waals surface area contributed by atoms with Crippen LogP contribution >= 0.6 is 0 Å². The zero-order valence-electron chi connectivity index (χ0n) is 2.06. The Morgan fingerprint density at radius 3 is 1.00 bits per heavy atom. The van der Waals surface area contributed by atoms with Gasteiger partial charge in [-0.25, -0.2) is 0 Å². The minimum absolute atomic E-state index is 0. The predicted octanol–water partition coefficient (Wildman–Crippen LogP) is -0.924. The Morgan fingerprint density at radius 1 is 1.00 bits per heavy atom. The monoisotopic (exact) mass is 334 g/mol. The smallest absolute Gasteiger partial charge is 0 e. The van der Waals surface area contributed by atoms with Crippen LogP contribution in [0.3, 0.4) is 0 Å². The Kier molecular flexibility index (Phi) is 153. The Labute approximate surface area is 73.3 Å². The molecule has 0 N–H and O–H groups in total. The summed E-state index contributed by atoms with van der Waals surface area (Å²) >= 11 is 0. The molecule has 0 saturated carbocycles. The van der Waals surface area contributed by atoms with E-state index in [2.05, 4.69) is 0 Å². The quantitative estimate of drug-likeness (QED) is 0.503. The predicted molar refractivity (Wildman–Crippen MR) is 8.54 cm³/mol. The van der Waals surface area contributed by atoms with Gasteiger partial charge in [0.1, 0.15) is 17.4 Å². The average molecular weight is 334 g/mol. The number of hydrogen-bond donors (Lipinski definition) is 0. The van der Waals surface area contributed by atoms with Crippen LogP contribution < -0.4 is 0 Å². The fourth-order valence-electron chi connectivity index (χ4n) is 0. The zero-order chi connectivity index (χ0) is 0. The van der Waals surface area contributed by atoms with Gasteiger partial charge in [-0.3, -0.25) is 0 Å². The van der Waals surface area contributed by atoms with Crippen molar-refractivity contribution in [2.75, 3.05) is 0 Å². The Hall–Kier alpha value is 2.32. The molecule has 0 nitrogen and oxygen atoms in total. The molecular weight excluding hydrogens is 332 g/mol. The van der Waals surface area contributed by atoms with E-state index < -0.39 is 0 Å². The Balaban J connectivity index is 0. The first kappa shape index (κ1) is 33.2. The summed E-state index contributed by atoms with van der Waals surface area (Å²) in [6.07, 6.45) is 0. The normalized spacial score (nSPS) is 0. The zero-order valence-corrected chi connectivity index (χ0v) is 8.61. The molecule has 2 radical (unpaired) electrons. The van der Waals surface area contributed by atoms with Gasteiger partial charge in [0.05, 0.1) is 0 Å². The third kappa shape index (κ3) is 8.85. The van der Waals surface area contributed by atoms with E-state index >= 15 is 0 Å². The Bertz CT molecular complexity index is 8.00. The molecule has 0 bridgehead atoms. The van der Waals surface area contributed by atoms with Gasteiger partial charge in [0, 0.05) is 56.8 Å². The van der Waals surface area contributed by atoms with Gasteiger partial charge >= 0.3 is 0 Å². The minimum Gasteiger partial charge on any atom is 0 e. The molecule has 0 heterocycles. The largest absolute Gasteiger partial charge is 0.146 e. The first-order valence-corrected chi connectivity index (χ1v) is 0. The molecule has 0 rings (SSSR count). The van der Waals surface area contributed by atoms with Gasteiger partial charge in [-0.15, -0.1) is 0 Å². The van der Waals surface area contributed by atoms with Gasteiger partial charge in [0.2, 0.25) is 0 Å². The molecule has 0 saturated heterocycles. The maximum Gasteiger partial charge on any atom is 0.146 e. The van der Waals surface area contributed by atoms with Crippen LogP contribution in [0.25, 0.3) is 0 Å². The van der Waals surface area contributed by atoms with Crippen molar-refractivity contribution in [1.29, 1.82) is 0 Å². The van der Waals surface area contributed by atoms with E-state index in [1.54, 1.807) is 0 Å². The first-order chi connectivity index (χ1) is 0. The van der Waals surface area contributed by atoms with E-state index in [0.717, 1.165) is 0 Å².